The Morgan fingerprint density at radius 3 is 2.78 bits per heavy atom. The van der Waals surface area contributed by atoms with Crippen LogP contribution in [0.3, 0.4) is 0 Å². The Kier molecular flexibility index (Phi) is 5.39. The lowest BCUT2D eigenvalue weighted by Gasteiger charge is -2.31. The molecule has 1 aliphatic rings. The van der Waals surface area contributed by atoms with Crippen molar-refractivity contribution in [1.29, 1.82) is 0 Å². The summed E-state index contributed by atoms with van der Waals surface area (Å²) in [7, 11) is 0. The summed E-state index contributed by atoms with van der Waals surface area (Å²) < 4.78 is 0. The van der Waals surface area contributed by atoms with E-state index in [1.807, 2.05) is 17.8 Å². The molecule has 1 fully saturated rings. The summed E-state index contributed by atoms with van der Waals surface area (Å²) in [5.41, 5.74) is 8.04. The zero-order valence-corrected chi connectivity index (χ0v) is 12.1. The van der Waals surface area contributed by atoms with Crippen LogP contribution in [0.15, 0.2) is 24.3 Å². The normalized spacial score (nSPS) is 18.1. The first kappa shape index (κ1) is 13.8. The van der Waals surface area contributed by atoms with E-state index in [1.165, 1.54) is 44.5 Å². The zero-order chi connectivity index (χ0) is 12.8. The molecule has 18 heavy (non-hydrogen) atoms. The van der Waals surface area contributed by atoms with Crippen LogP contribution >= 0.6 is 11.8 Å². The highest BCUT2D eigenvalue weighted by molar-refractivity contribution is 7.99. The van der Waals surface area contributed by atoms with Crippen LogP contribution in [0, 0.1) is 0 Å². The second-order valence-corrected chi connectivity index (χ2v) is 6.26. The summed E-state index contributed by atoms with van der Waals surface area (Å²) in [5, 5.41) is 0.898. The Balaban J connectivity index is 1.67. The first-order valence-corrected chi connectivity index (χ1v) is 8.16. The highest BCUT2D eigenvalue weighted by atomic mass is 32.2. The summed E-state index contributed by atoms with van der Waals surface area (Å²) in [4.78, 5) is 2.61. The number of piperidine rings is 1. The first-order chi connectivity index (χ1) is 8.78. The van der Waals surface area contributed by atoms with Crippen molar-refractivity contribution in [2.45, 2.75) is 30.9 Å². The van der Waals surface area contributed by atoms with E-state index in [0.29, 0.717) is 0 Å². The molecule has 2 N–H and O–H groups in total. The fourth-order valence-electron chi connectivity index (χ4n) is 2.62. The molecule has 3 heteroatoms. The number of hydrogen-bond acceptors (Lipinski definition) is 3. The molecule has 1 saturated heterocycles. The predicted molar refractivity (Wildman–Crippen MR) is 82.2 cm³/mol. The Labute approximate surface area is 115 Å². The van der Waals surface area contributed by atoms with Gasteiger partial charge in [0.25, 0.3) is 0 Å². The van der Waals surface area contributed by atoms with Gasteiger partial charge in [-0.15, -0.1) is 0 Å². The van der Waals surface area contributed by atoms with Gasteiger partial charge in [0.05, 0.1) is 0 Å². The quantitative estimate of drug-likeness (QED) is 0.829. The molecule has 0 spiro atoms. The maximum atomic E-state index is 5.79. The molecule has 0 radical (unpaired) electrons. The van der Waals surface area contributed by atoms with E-state index in [9.17, 15) is 0 Å². The molecule has 100 valence electrons. The number of nitrogens with zero attached hydrogens (tertiary/aromatic N) is 1. The van der Waals surface area contributed by atoms with Gasteiger partial charge in [-0.2, -0.15) is 11.8 Å². The lowest BCUT2D eigenvalue weighted by Crippen LogP contribution is -2.35. The van der Waals surface area contributed by atoms with Gasteiger partial charge >= 0.3 is 0 Å². The molecular weight excluding hydrogens is 240 g/mol. The predicted octanol–water partition coefficient (Wildman–Crippen LogP) is 3.03. The molecule has 1 aromatic rings. The molecule has 1 aromatic carbocycles. The molecule has 0 bridgehead atoms. The van der Waals surface area contributed by atoms with Crippen LogP contribution in [0.25, 0.3) is 0 Å². The van der Waals surface area contributed by atoms with E-state index < -0.39 is 0 Å². The van der Waals surface area contributed by atoms with E-state index >= 15 is 0 Å². The average molecular weight is 264 g/mol. The Morgan fingerprint density at radius 1 is 1.33 bits per heavy atom. The molecule has 0 aliphatic carbocycles. The number of anilines is 1. The number of aryl methyl sites for hydroxylation is 1. The standard InChI is InChI=1S/C15H24N2S/c1-18-15-7-10-17(11-8-15)9-3-5-13-4-2-6-14(16)12-13/h2,4,6,12,15H,3,5,7-11,16H2,1H3. The van der Waals surface area contributed by atoms with E-state index in [4.69, 9.17) is 5.73 Å². The molecule has 1 aliphatic heterocycles. The molecular formula is C15H24N2S. The third-order valence-electron chi connectivity index (χ3n) is 3.76. The second-order valence-electron chi connectivity index (χ2n) is 5.13. The highest BCUT2D eigenvalue weighted by Crippen LogP contribution is 2.21. The van der Waals surface area contributed by atoms with Crippen molar-refractivity contribution < 1.29 is 0 Å². The Bertz CT molecular complexity index is 359. The minimum absolute atomic E-state index is 0.883. The van der Waals surface area contributed by atoms with Crippen LogP contribution in [0.5, 0.6) is 0 Å². The Morgan fingerprint density at radius 2 is 2.11 bits per heavy atom. The van der Waals surface area contributed by atoms with Gasteiger partial charge in [0.2, 0.25) is 0 Å². The molecule has 0 amide bonds. The number of likely N-dealkylation sites (tertiary alicyclic amines) is 1. The molecule has 1 heterocycles. The zero-order valence-electron chi connectivity index (χ0n) is 11.3. The number of benzene rings is 1. The third-order valence-corrected chi connectivity index (χ3v) is 4.90. The van der Waals surface area contributed by atoms with Crippen LogP contribution in [0.1, 0.15) is 24.8 Å². The van der Waals surface area contributed by atoms with Gasteiger partial charge in [0.15, 0.2) is 0 Å². The number of thioether (sulfide) groups is 1. The third kappa shape index (κ3) is 4.21. The SMILES string of the molecule is CSC1CCN(CCCc2cccc(N)c2)CC1. The van der Waals surface area contributed by atoms with E-state index in [2.05, 4.69) is 29.4 Å². The van der Waals surface area contributed by atoms with Crippen molar-refractivity contribution in [2.75, 3.05) is 31.6 Å². The summed E-state index contributed by atoms with van der Waals surface area (Å²) >= 11 is 2.03. The second kappa shape index (κ2) is 7.05. The van der Waals surface area contributed by atoms with Gasteiger partial charge in [0, 0.05) is 10.9 Å². The van der Waals surface area contributed by atoms with Crippen LogP contribution in [0.2, 0.25) is 0 Å². The summed E-state index contributed by atoms with van der Waals surface area (Å²) in [6, 6.07) is 8.28. The maximum absolute atomic E-state index is 5.79. The van der Waals surface area contributed by atoms with Crippen molar-refractivity contribution in [3.63, 3.8) is 0 Å². The monoisotopic (exact) mass is 264 g/mol. The Hall–Kier alpha value is -0.670. The first-order valence-electron chi connectivity index (χ1n) is 6.87. The van der Waals surface area contributed by atoms with Crippen molar-refractivity contribution in [3.8, 4) is 0 Å². The topological polar surface area (TPSA) is 29.3 Å². The number of hydrogen-bond donors (Lipinski definition) is 1. The minimum atomic E-state index is 0.883. The molecule has 0 aromatic heterocycles. The van der Waals surface area contributed by atoms with E-state index in [1.54, 1.807) is 0 Å². The lowest BCUT2D eigenvalue weighted by molar-refractivity contribution is 0.230. The molecule has 2 nitrogen and oxygen atoms in total. The van der Waals surface area contributed by atoms with Gasteiger partial charge in [0.1, 0.15) is 0 Å². The summed E-state index contributed by atoms with van der Waals surface area (Å²) in [6.45, 7) is 3.79. The maximum Gasteiger partial charge on any atom is 0.0316 e. The minimum Gasteiger partial charge on any atom is -0.399 e. The number of nitrogens with two attached hydrogens (primary N) is 1. The van der Waals surface area contributed by atoms with E-state index in [0.717, 1.165) is 17.4 Å². The van der Waals surface area contributed by atoms with Gasteiger partial charge in [-0.1, -0.05) is 12.1 Å². The smallest absolute Gasteiger partial charge is 0.0316 e. The molecule has 0 atom stereocenters. The van der Waals surface area contributed by atoms with Gasteiger partial charge < -0.3 is 10.6 Å². The lowest BCUT2D eigenvalue weighted by atomic mass is 10.1. The van der Waals surface area contributed by atoms with Crippen LogP contribution in [0.4, 0.5) is 5.69 Å². The van der Waals surface area contributed by atoms with Crippen molar-refractivity contribution in [1.82, 2.24) is 4.90 Å². The van der Waals surface area contributed by atoms with Crippen LogP contribution < -0.4 is 5.73 Å². The van der Waals surface area contributed by atoms with E-state index in [-0.39, 0.29) is 0 Å². The average Bonchev–Trinajstić information content (AvgIpc) is 2.40. The summed E-state index contributed by atoms with van der Waals surface area (Å²) in [6.07, 6.45) is 7.35. The summed E-state index contributed by atoms with van der Waals surface area (Å²) in [5.74, 6) is 0. The van der Waals surface area contributed by atoms with Gasteiger partial charge in [-0.3, -0.25) is 0 Å². The number of nitrogen functional groups attached to an aromatic ring is 1. The van der Waals surface area contributed by atoms with Crippen molar-refractivity contribution in [3.05, 3.63) is 29.8 Å². The van der Waals surface area contributed by atoms with Crippen molar-refractivity contribution in [2.24, 2.45) is 0 Å². The van der Waals surface area contributed by atoms with Crippen LogP contribution in [-0.2, 0) is 6.42 Å². The van der Waals surface area contributed by atoms with Crippen LogP contribution in [-0.4, -0.2) is 36.0 Å². The number of rotatable bonds is 5. The fourth-order valence-corrected chi connectivity index (χ4v) is 3.31. The van der Waals surface area contributed by atoms with Gasteiger partial charge in [-0.05, 0) is 69.3 Å². The van der Waals surface area contributed by atoms with Crippen molar-refractivity contribution >= 4 is 17.4 Å². The highest BCUT2D eigenvalue weighted by Gasteiger charge is 2.17. The largest absolute Gasteiger partial charge is 0.399 e. The van der Waals surface area contributed by atoms with Gasteiger partial charge in [-0.25, -0.2) is 0 Å². The molecule has 0 unspecified atom stereocenters. The molecule has 0 saturated carbocycles. The molecule has 2 rings (SSSR count). The fraction of sp³-hybridized carbons (Fsp3) is 0.600.